The molecule has 0 unspecified atom stereocenters. The van der Waals surface area contributed by atoms with E-state index in [1.807, 2.05) is 6.26 Å². The molecule has 78 valence electrons. The van der Waals surface area contributed by atoms with Gasteiger partial charge in [0.15, 0.2) is 0 Å². The Kier molecular flexibility index (Phi) is 4.16. The Hall–Kier alpha value is -0.810. The lowest BCUT2D eigenvalue weighted by atomic mass is 10.2. The number of aromatic nitrogens is 2. The third-order valence-corrected chi connectivity index (χ3v) is 2.48. The molecule has 0 amide bonds. The monoisotopic (exact) mass is 214 g/mol. The number of nitrogens with one attached hydrogen (secondary N) is 1. The van der Waals surface area contributed by atoms with Gasteiger partial charge in [0.1, 0.15) is 5.82 Å². The zero-order chi connectivity index (χ0) is 10.6. The normalized spacial score (nSPS) is 10.5. The number of hydrogen-bond acceptors (Lipinski definition) is 4. The molecule has 1 rings (SSSR count). The van der Waals surface area contributed by atoms with E-state index in [1.54, 1.807) is 18.7 Å². The van der Waals surface area contributed by atoms with E-state index in [9.17, 15) is 4.79 Å². The first kappa shape index (κ1) is 11.3. The lowest BCUT2D eigenvalue weighted by Crippen LogP contribution is -2.19. The van der Waals surface area contributed by atoms with Crippen molar-refractivity contribution >= 4 is 11.8 Å². The summed E-state index contributed by atoms with van der Waals surface area (Å²) < 4.78 is 0. The molecule has 5 heteroatoms. The van der Waals surface area contributed by atoms with Gasteiger partial charge in [0.2, 0.25) is 0 Å². The summed E-state index contributed by atoms with van der Waals surface area (Å²) in [4.78, 5) is 18.5. The van der Waals surface area contributed by atoms with Crippen molar-refractivity contribution in [3.8, 4) is 0 Å². The van der Waals surface area contributed by atoms with E-state index in [0.29, 0.717) is 29.3 Å². The van der Waals surface area contributed by atoms with E-state index in [0.717, 1.165) is 0 Å². The van der Waals surface area contributed by atoms with E-state index in [1.165, 1.54) is 0 Å². The van der Waals surface area contributed by atoms with Crippen molar-refractivity contribution in [1.29, 1.82) is 0 Å². The van der Waals surface area contributed by atoms with Crippen molar-refractivity contribution in [3.63, 3.8) is 0 Å². The second kappa shape index (κ2) is 5.17. The zero-order valence-corrected chi connectivity index (χ0v) is 9.15. The maximum atomic E-state index is 11.5. The number of aliphatic hydroxyl groups is 1. The number of H-pyrrole nitrogens is 1. The Morgan fingerprint density at radius 3 is 2.79 bits per heavy atom. The van der Waals surface area contributed by atoms with Gasteiger partial charge in [-0.2, -0.15) is 11.8 Å². The Bertz CT molecular complexity index is 362. The molecule has 1 aromatic rings. The van der Waals surface area contributed by atoms with Crippen molar-refractivity contribution in [2.75, 3.05) is 12.9 Å². The van der Waals surface area contributed by atoms with Crippen LogP contribution in [0, 0.1) is 6.92 Å². The first-order valence-electron chi connectivity index (χ1n) is 4.37. The highest BCUT2D eigenvalue weighted by molar-refractivity contribution is 7.97. The molecule has 0 radical (unpaired) electrons. The van der Waals surface area contributed by atoms with Crippen LogP contribution in [0.4, 0.5) is 0 Å². The van der Waals surface area contributed by atoms with Crippen LogP contribution in [0.15, 0.2) is 4.79 Å². The number of hydrogen-bond donors (Lipinski definition) is 2. The summed E-state index contributed by atoms with van der Waals surface area (Å²) in [5.74, 6) is 1.40. The van der Waals surface area contributed by atoms with Gasteiger partial charge in [-0.15, -0.1) is 0 Å². The number of aliphatic hydroxyl groups excluding tert-OH is 1. The minimum Gasteiger partial charge on any atom is -0.396 e. The molecule has 1 aromatic heterocycles. The van der Waals surface area contributed by atoms with E-state index in [4.69, 9.17) is 5.11 Å². The van der Waals surface area contributed by atoms with Gasteiger partial charge >= 0.3 is 0 Å². The lowest BCUT2D eigenvalue weighted by molar-refractivity contribution is 0.298. The first-order chi connectivity index (χ1) is 6.69. The molecule has 14 heavy (non-hydrogen) atoms. The summed E-state index contributed by atoms with van der Waals surface area (Å²) in [6, 6.07) is 0. The molecule has 0 saturated heterocycles. The second-order valence-electron chi connectivity index (χ2n) is 2.98. The second-order valence-corrected chi connectivity index (χ2v) is 3.85. The Balaban J connectivity index is 3.05. The number of nitrogens with zero attached hydrogens (tertiary/aromatic N) is 1. The van der Waals surface area contributed by atoms with Crippen LogP contribution in [0.5, 0.6) is 0 Å². The maximum Gasteiger partial charge on any atom is 0.254 e. The van der Waals surface area contributed by atoms with Gasteiger partial charge < -0.3 is 10.1 Å². The minimum absolute atomic E-state index is 0.0204. The molecule has 0 aliphatic rings. The van der Waals surface area contributed by atoms with E-state index >= 15 is 0 Å². The molecule has 0 fully saturated rings. The number of thioether (sulfide) groups is 1. The summed E-state index contributed by atoms with van der Waals surface area (Å²) in [6.45, 7) is 1.78. The molecule has 0 aliphatic carbocycles. The van der Waals surface area contributed by atoms with Crippen molar-refractivity contribution in [1.82, 2.24) is 9.97 Å². The fourth-order valence-electron chi connectivity index (χ4n) is 1.28. The summed E-state index contributed by atoms with van der Waals surface area (Å²) >= 11 is 1.61. The predicted octanol–water partition coefficient (Wildman–Crippen LogP) is 0.476. The molecule has 0 saturated carbocycles. The number of aryl methyl sites for hydroxylation is 1. The first-order valence-corrected chi connectivity index (χ1v) is 5.77. The van der Waals surface area contributed by atoms with E-state index < -0.39 is 0 Å². The third-order valence-electron chi connectivity index (χ3n) is 1.91. The fraction of sp³-hybridized carbons (Fsp3) is 0.556. The van der Waals surface area contributed by atoms with Crippen LogP contribution < -0.4 is 5.56 Å². The van der Waals surface area contributed by atoms with E-state index in [-0.39, 0.29) is 12.2 Å². The molecule has 0 aromatic carbocycles. The fourth-order valence-corrected chi connectivity index (χ4v) is 1.69. The standard InChI is InChI=1S/C9H14N2O2S/c1-6-7(3-4-12)9(13)11-8(10-6)5-14-2/h12H,3-5H2,1-2H3,(H,10,11,13). The van der Waals surface area contributed by atoms with Crippen LogP contribution in [0.2, 0.25) is 0 Å². The van der Waals surface area contributed by atoms with Crippen molar-refractivity contribution in [2.45, 2.75) is 19.1 Å². The summed E-state index contributed by atoms with van der Waals surface area (Å²) in [5, 5.41) is 8.76. The Labute approximate surface area is 86.8 Å². The van der Waals surface area contributed by atoms with Crippen LogP contribution in [0.3, 0.4) is 0 Å². The van der Waals surface area contributed by atoms with E-state index in [2.05, 4.69) is 9.97 Å². The smallest absolute Gasteiger partial charge is 0.254 e. The highest BCUT2D eigenvalue weighted by Crippen LogP contribution is 2.05. The number of rotatable bonds is 4. The maximum absolute atomic E-state index is 11.5. The largest absolute Gasteiger partial charge is 0.396 e. The summed E-state index contributed by atoms with van der Waals surface area (Å²) in [5.41, 5.74) is 1.17. The van der Waals surface area contributed by atoms with Crippen LogP contribution in [0.1, 0.15) is 17.1 Å². The number of aromatic amines is 1. The SMILES string of the molecule is CSCc1nc(C)c(CCO)c(=O)[nH]1. The molecule has 0 bridgehead atoms. The molecule has 1 heterocycles. The highest BCUT2D eigenvalue weighted by atomic mass is 32.2. The molecule has 4 nitrogen and oxygen atoms in total. The molecule has 2 N–H and O–H groups in total. The lowest BCUT2D eigenvalue weighted by Gasteiger charge is -2.04. The third kappa shape index (κ3) is 2.59. The van der Waals surface area contributed by atoms with Crippen LogP contribution >= 0.6 is 11.8 Å². The zero-order valence-electron chi connectivity index (χ0n) is 8.33. The van der Waals surface area contributed by atoms with Gasteiger partial charge in [-0.1, -0.05) is 0 Å². The average molecular weight is 214 g/mol. The van der Waals surface area contributed by atoms with Gasteiger partial charge in [-0.25, -0.2) is 4.98 Å². The molecule has 0 aliphatic heterocycles. The average Bonchev–Trinajstić information content (AvgIpc) is 2.12. The molecule has 0 spiro atoms. The topological polar surface area (TPSA) is 66.0 Å². The van der Waals surface area contributed by atoms with Gasteiger partial charge in [-0.3, -0.25) is 4.79 Å². The molecule has 0 atom stereocenters. The minimum atomic E-state index is -0.129. The van der Waals surface area contributed by atoms with Gasteiger partial charge in [0, 0.05) is 24.3 Å². The summed E-state index contributed by atoms with van der Waals surface area (Å²) in [7, 11) is 0. The molecular weight excluding hydrogens is 200 g/mol. The Morgan fingerprint density at radius 1 is 1.57 bits per heavy atom. The predicted molar refractivity (Wildman–Crippen MR) is 57.6 cm³/mol. The van der Waals surface area contributed by atoms with Crippen molar-refractivity contribution in [2.24, 2.45) is 0 Å². The molecular formula is C9H14N2O2S. The van der Waals surface area contributed by atoms with Crippen molar-refractivity contribution < 1.29 is 5.11 Å². The van der Waals surface area contributed by atoms with Crippen LogP contribution in [0.25, 0.3) is 0 Å². The quantitative estimate of drug-likeness (QED) is 0.765. The van der Waals surface area contributed by atoms with Gasteiger partial charge in [0.25, 0.3) is 5.56 Å². The summed E-state index contributed by atoms with van der Waals surface area (Å²) in [6.07, 6.45) is 2.32. The van der Waals surface area contributed by atoms with Crippen LogP contribution in [-0.2, 0) is 12.2 Å². The van der Waals surface area contributed by atoms with Crippen LogP contribution in [-0.4, -0.2) is 27.9 Å². The van der Waals surface area contributed by atoms with Crippen molar-refractivity contribution in [3.05, 3.63) is 27.4 Å². The Morgan fingerprint density at radius 2 is 2.29 bits per heavy atom. The van der Waals surface area contributed by atoms with Gasteiger partial charge in [0.05, 0.1) is 5.75 Å². The van der Waals surface area contributed by atoms with Gasteiger partial charge in [-0.05, 0) is 13.2 Å². The highest BCUT2D eigenvalue weighted by Gasteiger charge is 2.06.